The van der Waals surface area contributed by atoms with E-state index < -0.39 is 91.1 Å². The van der Waals surface area contributed by atoms with Gasteiger partial charge in [-0.2, -0.15) is 0 Å². The van der Waals surface area contributed by atoms with Crippen molar-refractivity contribution in [2.45, 2.75) is 76.5 Å². The van der Waals surface area contributed by atoms with Crippen molar-refractivity contribution in [2.75, 3.05) is 26.2 Å². The van der Waals surface area contributed by atoms with Crippen LogP contribution in [0.5, 0.6) is 0 Å². The first-order valence-electron chi connectivity index (χ1n) is 14.7. The number of nitrogens with two attached hydrogens (primary N) is 5. The van der Waals surface area contributed by atoms with Crippen LogP contribution in [0.25, 0.3) is 0 Å². The standard InChI is InChI=1S/C26H48N12O9/c1-3-13(2)20(24(46)47)38-18(40)12-35-23(45)16(10-19(41)42)36-17(39)11-34-22(44)15(7-5-9-33-26(30)31)37-21(43)14(27)6-4-8-32-25(28)29/h13-16,20H,3-12,27H2,1-2H3,(H,34,44)(H,35,45)(H,36,39)(H,37,43)(H,38,40)(H,41,42)(H,46,47)(H4,28,29,32)(H4,30,31,33)/t13-,14-,15-,16-,20-/m0/s1. The first-order chi connectivity index (χ1) is 22.0. The second-order valence-electron chi connectivity index (χ2n) is 10.5. The molecule has 0 heterocycles. The molecule has 0 unspecified atom stereocenters. The monoisotopic (exact) mass is 672 g/mol. The minimum Gasteiger partial charge on any atom is -0.481 e. The van der Waals surface area contributed by atoms with Gasteiger partial charge in [-0.3, -0.25) is 38.8 Å². The molecule has 0 radical (unpaired) electrons. The molecule has 0 rings (SSSR count). The third-order valence-corrected chi connectivity index (χ3v) is 6.55. The number of nitrogens with zero attached hydrogens (tertiary/aromatic N) is 2. The fourth-order valence-corrected chi connectivity index (χ4v) is 3.82. The van der Waals surface area contributed by atoms with Crippen LogP contribution in [0, 0.1) is 5.92 Å². The molecule has 0 aromatic rings. The molecule has 0 saturated heterocycles. The summed E-state index contributed by atoms with van der Waals surface area (Å²) < 4.78 is 0. The predicted octanol–water partition coefficient (Wildman–Crippen LogP) is -5.29. The molecule has 0 aromatic heterocycles. The van der Waals surface area contributed by atoms with E-state index in [1.54, 1.807) is 13.8 Å². The number of nitrogens with one attached hydrogen (secondary N) is 5. The number of carbonyl (C=O) groups is 7. The van der Waals surface area contributed by atoms with Crippen LogP contribution in [0.1, 0.15) is 52.4 Å². The highest BCUT2D eigenvalue weighted by molar-refractivity contribution is 5.95. The number of carboxylic acids is 2. The molecule has 0 aliphatic rings. The lowest BCUT2D eigenvalue weighted by Crippen LogP contribution is -2.55. The molecule has 17 N–H and O–H groups in total. The number of hydrogen-bond acceptors (Lipinski definition) is 10. The minimum atomic E-state index is -1.65. The van der Waals surface area contributed by atoms with E-state index in [1.807, 2.05) is 0 Å². The number of amides is 5. The summed E-state index contributed by atoms with van der Waals surface area (Å²) in [5, 5.41) is 29.9. The summed E-state index contributed by atoms with van der Waals surface area (Å²) in [7, 11) is 0. The average Bonchev–Trinajstić information content (AvgIpc) is 2.99. The van der Waals surface area contributed by atoms with Gasteiger partial charge in [0.05, 0.1) is 25.6 Å². The van der Waals surface area contributed by atoms with E-state index in [0.717, 1.165) is 0 Å². The smallest absolute Gasteiger partial charge is 0.326 e. The zero-order chi connectivity index (χ0) is 36.1. The Morgan fingerprint density at radius 1 is 0.702 bits per heavy atom. The van der Waals surface area contributed by atoms with Gasteiger partial charge in [0.15, 0.2) is 11.9 Å². The summed E-state index contributed by atoms with van der Waals surface area (Å²) in [6.45, 7) is 2.30. The fourth-order valence-electron chi connectivity index (χ4n) is 3.82. The van der Waals surface area contributed by atoms with Gasteiger partial charge in [-0.1, -0.05) is 20.3 Å². The fraction of sp³-hybridized carbons (Fsp3) is 0.654. The molecule has 5 amide bonds. The number of rotatable bonds is 23. The van der Waals surface area contributed by atoms with Crippen LogP contribution in [0.2, 0.25) is 0 Å². The molecule has 0 spiro atoms. The first-order valence-corrected chi connectivity index (χ1v) is 14.7. The number of carboxylic acid groups (broad SMARTS) is 2. The quantitative estimate of drug-likeness (QED) is 0.0274. The van der Waals surface area contributed by atoms with Crippen molar-refractivity contribution in [1.82, 2.24) is 26.6 Å². The maximum absolute atomic E-state index is 12.9. The molecular weight excluding hydrogens is 624 g/mol. The Kier molecular flexibility index (Phi) is 19.8. The first kappa shape index (κ1) is 41.8. The number of carbonyl (C=O) groups excluding carboxylic acids is 5. The van der Waals surface area contributed by atoms with E-state index in [-0.39, 0.29) is 44.3 Å². The van der Waals surface area contributed by atoms with Crippen molar-refractivity contribution in [3.8, 4) is 0 Å². The molecule has 0 aliphatic carbocycles. The zero-order valence-electron chi connectivity index (χ0n) is 26.5. The number of aliphatic imine (C=N–C) groups is 2. The molecule has 0 fully saturated rings. The summed E-state index contributed by atoms with van der Waals surface area (Å²) in [5.41, 5.74) is 27.0. The number of aliphatic carboxylic acids is 2. The summed E-state index contributed by atoms with van der Waals surface area (Å²) >= 11 is 0. The molecule has 21 heteroatoms. The zero-order valence-corrected chi connectivity index (χ0v) is 26.5. The highest BCUT2D eigenvalue weighted by atomic mass is 16.4. The van der Waals surface area contributed by atoms with Crippen LogP contribution in [-0.4, -0.2) is 114 Å². The van der Waals surface area contributed by atoms with Crippen molar-refractivity contribution in [2.24, 2.45) is 44.6 Å². The molecular formula is C26H48N12O9. The highest BCUT2D eigenvalue weighted by Crippen LogP contribution is 2.07. The Morgan fingerprint density at radius 2 is 1.19 bits per heavy atom. The number of guanidine groups is 2. The molecule has 5 atom stereocenters. The third kappa shape index (κ3) is 19.0. The molecule has 0 bridgehead atoms. The van der Waals surface area contributed by atoms with Crippen LogP contribution >= 0.6 is 0 Å². The highest BCUT2D eigenvalue weighted by Gasteiger charge is 2.28. The van der Waals surface area contributed by atoms with Gasteiger partial charge in [0, 0.05) is 13.1 Å². The van der Waals surface area contributed by atoms with Crippen LogP contribution in [0.15, 0.2) is 9.98 Å². The van der Waals surface area contributed by atoms with E-state index >= 15 is 0 Å². The van der Waals surface area contributed by atoms with Crippen molar-refractivity contribution >= 4 is 53.4 Å². The molecule has 47 heavy (non-hydrogen) atoms. The van der Waals surface area contributed by atoms with Crippen LogP contribution in [-0.2, 0) is 33.6 Å². The lowest BCUT2D eigenvalue weighted by molar-refractivity contribution is -0.143. The van der Waals surface area contributed by atoms with E-state index in [9.17, 15) is 43.8 Å². The second kappa shape index (κ2) is 22.3. The SMILES string of the molecule is CC[C@H](C)[C@H](NC(=O)CNC(=O)[C@H](CC(=O)O)NC(=O)CNC(=O)[C@H](CCCN=C(N)N)NC(=O)[C@@H](N)CCCN=C(N)N)C(=O)O. The summed E-state index contributed by atoms with van der Waals surface area (Å²) in [5.74, 6) is -7.74. The van der Waals surface area contributed by atoms with Crippen LogP contribution < -0.4 is 55.3 Å². The Bertz CT molecular complexity index is 1160. The maximum Gasteiger partial charge on any atom is 0.326 e. The topological polar surface area (TPSA) is 375 Å². The van der Waals surface area contributed by atoms with Crippen molar-refractivity contribution in [3.05, 3.63) is 0 Å². The average molecular weight is 673 g/mol. The summed E-state index contributed by atoms with van der Waals surface area (Å²) in [4.78, 5) is 93.3. The van der Waals surface area contributed by atoms with Gasteiger partial charge < -0.3 is 65.5 Å². The van der Waals surface area contributed by atoms with E-state index in [0.29, 0.717) is 12.8 Å². The van der Waals surface area contributed by atoms with Gasteiger partial charge in [-0.15, -0.1) is 0 Å². The molecule has 21 nitrogen and oxygen atoms in total. The van der Waals surface area contributed by atoms with Gasteiger partial charge >= 0.3 is 11.9 Å². The van der Waals surface area contributed by atoms with Crippen molar-refractivity contribution in [1.29, 1.82) is 0 Å². The van der Waals surface area contributed by atoms with Gasteiger partial charge in [0.2, 0.25) is 29.5 Å². The molecule has 0 saturated carbocycles. The van der Waals surface area contributed by atoms with E-state index in [2.05, 4.69) is 36.6 Å². The summed E-state index contributed by atoms with van der Waals surface area (Å²) in [6, 6.07) is -5.05. The third-order valence-electron chi connectivity index (χ3n) is 6.55. The van der Waals surface area contributed by atoms with Crippen LogP contribution in [0.4, 0.5) is 0 Å². The van der Waals surface area contributed by atoms with Gasteiger partial charge in [-0.25, -0.2) is 4.79 Å². The van der Waals surface area contributed by atoms with E-state index in [1.165, 1.54) is 0 Å². The van der Waals surface area contributed by atoms with Crippen molar-refractivity contribution < 1.29 is 43.8 Å². The van der Waals surface area contributed by atoms with Crippen LogP contribution in [0.3, 0.4) is 0 Å². The lowest BCUT2D eigenvalue weighted by Gasteiger charge is -2.22. The van der Waals surface area contributed by atoms with Crippen molar-refractivity contribution in [3.63, 3.8) is 0 Å². The normalized spacial score (nSPS) is 13.7. The van der Waals surface area contributed by atoms with Gasteiger partial charge in [0.1, 0.15) is 18.1 Å². The van der Waals surface area contributed by atoms with Gasteiger partial charge in [-0.05, 0) is 31.6 Å². The minimum absolute atomic E-state index is 0.0442. The Morgan fingerprint density at radius 3 is 1.66 bits per heavy atom. The van der Waals surface area contributed by atoms with Gasteiger partial charge in [0.25, 0.3) is 0 Å². The molecule has 0 aliphatic heterocycles. The second-order valence-corrected chi connectivity index (χ2v) is 10.5. The molecule has 0 aromatic carbocycles. The van der Waals surface area contributed by atoms with E-state index in [4.69, 9.17) is 28.7 Å². The largest absolute Gasteiger partial charge is 0.481 e. The predicted molar refractivity (Wildman–Crippen MR) is 169 cm³/mol. The molecule has 266 valence electrons. The Hall–Kier alpha value is -5.21. The maximum atomic E-state index is 12.9. The lowest BCUT2D eigenvalue weighted by atomic mass is 9.99. The number of hydrogen-bond donors (Lipinski definition) is 12. The summed E-state index contributed by atoms with van der Waals surface area (Å²) in [6.07, 6.45) is 0.449. The Labute approximate surface area is 271 Å². The Balaban J connectivity index is 5.30.